The molecule has 110 valence electrons. The van der Waals surface area contributed by atoms with Gasteiger partial charge < -0.3 is 5.32 Å². The van der Waals surface area contributed by atoms with Gasteiger partial charge in [0.2, 0.25) is 0 Å². The van der Waals surface area contributed by atoms with E-state index in [-0.39, 0.29) is 5.82 Å². The minimum Gasteiger partial charge on any atom is -0.381 e. The molecule has 3 heteroatoms. The zero-order valence-electron chi connectivity index (χ0n) is 11.9. The third-order valence-electron chi connectivity index (χ3n) is 4.29. The molecule has 1 aliphatic rings. The molecule has 1 fully saturated rings. The summed E-state index contributed by atoms with van der Waals surface area (Å²) in [6.07, 6.45) is 4.73. The topological polar surface area (TPSA) is 12.0 Å². The van der Waals surface area contributed by atoms with Gasteiger partial charge in [0.15, 0.2) is 0 Å². The summed E-state index contributed by atoms with van der Waals surface area (Å²) in [5, 5.41) is 3.53. The van der Waals surface area contributed by atoms with E-state index in [1.165, 1.54) is 30.5 Å². The summed E-state index contributed by atoms with van der Waals surface area (Å²) in [6, 6.07) is 16.1. The molecule has 0 saturated heterocycles. The maximum Gasteiger partial charge on any atom is 0.124 e. The van der Waals surface area contributed by atoms with Crippen LogP contribution in [0.15, 0.2) is 53.0 Å². The Balaban J connectivity index is 1.59. The molecule has 1 aliphatic carbocycles. The van der Waals surface area contributed by atoms with Crippen molar-refractivity contribution >= 4 is 21.6 Å². The molecule has 1 saturated carbocycles. The van der Waals surface area contributed by atoms with Gasteiger partial charge >= 0.3 is 0 Å². The van der Waals surface area contributed by atoms with E-state index < -0.39 is 0 Å². The van der Waals surface area contributed by atoms with Crippen molar-refractivity contribution in [3.05, 3.63) is 64.4 Å². The van der Waals surface area contributed by atoms with Crippen LogP contribution in [0.1, 0.15) is 37.2 Å². The summed E-state index contributed by atoms with van der Waals surface area (Å²) in [6.45, 7) is 0. The smallest absolute Gasteiger partial charge is 0.124 e. The molecule has 0 aliphatic heterocycles. The molecule has 0 unspecified atom stereocenters. The van der Waals surface area contributed by atoms with Crippen LogP contribution < -0.4 is 5.32 Å². The third-order valence-corrected chi connectivity index (χ3v) is 4.95. The SMILES string of the molecule is Fc1ccc(NC2CCC(c3ccccc3)CC2)c(Br)c1. The number of rotatable bonds is 3. The van der Waals surface area contributed by atoms with Crippen molar-refractivity contribution in [3.8, 4) is 0 Å². The summed E-state index contributed by atoms with van der Waals surface area (Å²) in [7, 11) is 0. The number of benzene rings is 2. The predicted octanol–water partition coefficient (Wildman–Crippen LogP) is 5.73. The molecule has 0 aromatic heterocycles. The first-order chi connectivity index (χ1) is 10.2. The number of halogens is 2. The fraction of sp³-hybridized carbons (Fsp3) is 0.333. The average molecular weight is 348 g/mol. The summed E-state index contributed by atoms with van der Waals surface area (Å²) >= 11 is 3.42. The van der Waals surface area contributed by atoms with E-state index in [0.29, 0.717) is 12.0 Å². The highest BCUT2D eigenvalue weighted by Gasteiger charge is 2.22. The van der Waals surface area contributed by atoms with Crippen LogP contribution in [0.3, 0.4) is 0 Å². The zero-order valence-corrected chi connectivity index (χ0v) is 13.4. The van der Waals surface area contributed by atoms with Crippen LogP contribution in [0.25, 0.3) is 0 Å². The molecule has 21 heavy (non-hydrogen) atoms. The fourth-order valence-electron chi connectivity index (χ4n) is 3.12. The van der Waals surface area contributed by atoms with Crippen LogP contribution in [-0.2, 0) is 0 Å². The summed E-state index contributed by atoms with van der Waals surface area (Å²) < 4.78 is 13.9. The molecule has 2 aromatic rings. The molecule has 1 nitrogen and oxygen atoms in total. The lowest BCUT2D eigenvalue weighted by atomic mass is 9.82. The Morgan fingerprint density at radius 2 is 1.67 bits per heavy atom. The van der Waals surface area contributed by atoms with E-state index in [2.05, 4.69) is 51.6 Å². The van der Waals surface area contributed by atoms with Gasteiger partial charge in [0.1, 0.15) is 5.82 Å². The fourth-order valence-corrected chi connectivity index (χ4v) is 3.59. The maximum atomic E-state index is 13.1. The Morgan fingerprint density at radius 1 is 0.952 bits per heavy atom. The number of hydrogen-bond acceptors (Lipinski definition) is 1. The number of nitrogens with one attached hydrogen (secondary N) is 1. The van der Waals surface area contributed by atoms with Crippen LogP contribution in [-0.4, -0.2) is 6.04 Å². The molecular weight excluding hydrogens is 329 g/mol. The molecule has 2 aromatic carbocycles. The van der Waals surface area contributed by atoms with E-state index in [9.17, 15) is 4.39 Å². The maximum absolute atomic E-state index is 13.1. The molecule has 1 N–H and O–H groups in total. The first-order valence-electron chi connectivity index (χ1n) is 7.49. The van der Waals surface area contributed by atoms with Crippen LogP contribution in [0.4, 0.5) is 10.1 Å². The van der Waals surface area contributed by atoms with Gasteiger partial charge in [-0.2, -0.15) is 0 Å². The van der Waals surface area contributed by atoms with Gasteiger partial charge in [-0.3, -0.25) is 0 Å². The van der Waals surface area contributed by atoms with Crippen molar-refractivity contribution in [3.63, 3.8) is 0 Å². The second-order valence-corrected chi connectivity index (χ2v) is 6.58. The lowest BCUT2D eigenvalue weighted by molar-refractivity contribution is 0.412. The molecule has 0 atom stereocenters. The average Bonchev–Trinajstić information content (AvgIpc) is 2.52. The number of hydrogen-bond donors (Lipinski definition) is 1. The van der Waals surface area contributed by atoms with E-state index >= 15 is 0 Å². The van der Waals surface area contributed by atoms with E-state index in [1.54, 1.807) is 0 Å². The van der Waals surface area contributed by atoms with Crippen molar-refractivity contribution in [1.82, 2.24) is 0 Å². The van der Waals surface area contributed by atoms with Crippen LogP contribution >= 0.6 is 15.9 Å². The van der Waals surface area contributed by atoms with E-state index in [0.717, 1.165) is 23.0 Å². The Hall–Kier alpha value is -1.35. The van der Waals surface area contributed by atoms with E-state index in [4.69, 9.17) is 0 Å². The van der Waals surface area contributed by atoms with Gasteiger partial charge in [-0.1, -0.05) is 30.3 Å². The van der Waals surface area contributed by atoms with Crippen LogP contribution in [0, 0.1) is 5.82 Å². The minimum atomic E-state index is -0.208. The molecule has 0 spiro atoms. The van der Waals surface area contributed by atoms with Gasteiger partial charge in [0, 0.05) is 16.2 Å². The van der Waals surface area contributed by atoms with Crippen molar-refractivity contribution < 1.29 is 4.39 Å². The largest absolute Gasteiger partial charge is 0.381 e. The lowest BCUT2D eigenvalue weighted by Crippen LogP contribution is -2.25. The third kappa shape index (κ3) is 3.65. The molecular formula is C18H19BrFN. The molecule has 0 bridgehead atoms. The molecule has 0 radical (unpaired) electrons. The highest BCUT2D eigenvalue weighted by molar-refractivity contribution is 9.10. The van der Waals surface area contributed by atoms with Crippen LogP contribution in [0.5, 0.6) is 0 Å². The van der Waals surface area contributed by atoms with Gasteiger partial charge in [-0.25, -0.2) is 4.39 Å². The summed E-state index contributed by atoms with van der Waals surface area (Å²) in [5.74, 6) is 0.473. The Kier molecular flexibility index (Phi) is 4.59. The van der Waals surface area contributed by atoms with Gasteiger partial charge in [0.05, 0.1) is 0 Å². The van der Waals surface area contributed by atoms with Crippen molar-refractivity contribution in [1.29, 1.82) is 0 Å². The molecule has 3 rings (SSSR count). The minimum absolute atomic E-state index is 0.208. The highest BCUT2D eigenvalue weighted by atomic mass is 79.9. The quantitative estimate of drug-likeness (QED) is 0.747. The normalized spacial score (nSPS) is 22.0. The van der Waals surface area contributed by atoms with Crippen molar-refractivity contribution in [2.45, 2.75) is 37.6 Å². The first kappa shape index (κ1) is 14.6. The van der Waals surface area contributed by atoms with Gasteiger partial charge in [-0.05, 0) is 71.3 Å². The lowest BCUT2D eigenvalue weighted by Gasteiger charge is -2.30. The Bertz CT molecular complexity index is 591. The summed E-state index contributed by atoms with van der Waals surface area (Å²) in [5.41, 5.74) is 2.44. The second kappa shape index (κ2) is 6.61. The summed E-state index contributed by atoms with van der Waals surface area (Å²) in [4.78, 5) is 0. The first-order valence-corrected chi connectivity index (χ1v) is 8.28. The molecule has 0 amide bonds. The van der Waals surface area contributed by atoms with E-state index in [1.807, 2.05) is 6.07 Å². The van der Waals surface area contributed by atoms with Crippen LogP contribution in [0.2, 0.25) is 0 Å². The standard InChI is InChI=1S/C18H19BrFN/c19-17-12-15(20)8-11-18(17)21-16-9-6-14(7-10-16)13-4-2-1-3-5-13/h1-5,8,11-12,14,16,21H,6-7,9-10H2. The van der Waals surface area contributed by atoms with Crippen molar-refractivity contribution in [2.75, 3.05) is 5.32 Å². The van der Waals surface area contributed by atoms with Gasteiger partial charge in [-0.15, -0.1) is 0 Å². The monoisotopic (exact) mass is 347 g/mol. The highest BCUT2D eigenvalue weighted by Crippen LogP contribution is 2.34. The van der Waals surface area contributed by atoms with Crippen molar-refractivity contribution in [2.24, 2.45) is 0 Å². The van der Waals surface area contributed by atoms with Gasteiger partial charge in [0.25, 0.3) is 0 Å². The molecule has 0 heterocycles. The number of anilines is 1. The second-order valence-electron chi connectivity index (χ2n) is 5.73. The zero-order chi connectivity index (χ0) is 14.7. The predicted molar refractivity (Wildman–Crippen MR) is 89.2 cm³/mol. The Morgan fingerprint density at radius 3 is 2.33 bits per heavy atom. The Labute approximate surface area is 133 Å².